The van der Waals surface area contributed by atoms with Gasteiger partial charge >= 0.3 is 0 Å². The number of quaternary nitrogens is 1. The van der Waals surface area contributed by atoms with Crippen LogP contribution in [0.4, 0.5) is 0 Å². The van der Waals surface area contributed by atoms with Gasteiger partial charge in [-0.15, -0.1) is 0 Å². The summed E-state index contributed by atoms with van der Waals surface area (Å²) >= 11 is 0. The minimum Gasteiger partial charge on any atom is -0.493 e. The van der Waals surface area contributed by atoms with Crippen molar-refractivity contribution in [3.63, 3.8) is 0 Å². The quantitative estimate of drug-likeness (QED) is 0.494. The van der Waals surface area contributed by atoms with Gasteiger partial charge in [0.1, 0.15) is 19.1 Å². The summed E-state index contributed by atoms with van der Waals surface area (Å²) in [4.78, 5) is 0. The molecule has 0 amide bonds. The van der Waals surface area contributed by atoms with Crippen molar-refractivity contribution in [3.8, 4) is 23.0 Å². The van der Waals surface area contributed by atoms with Crippen LogP contribution in [-0.2, 0) is 25.9 Å². The molecule has 2 aliphatic rings. The minimum atomic E-state index is 0.333. The van der Waals surface area contributed by atoms with Crippen LogP contribution in [0.2, 0.25) is 0 Å². The van der Waals surface area contributed by atoms with Gasteiger partial charge in [-0.1, -0.05) is 36.4 Å². The molecule has 0 saturated heterocycles. The summed E-state index contributed by atoms with van der Waals surface area (Å²) in [5.74, 6) is 3.28. The molecule has 0 spiro atoms. The number of fused-ring (bicyclic) bond motifs is 4. The summed E-state index contributed by atoms with van der Waals surface area (Å²) in [6, 6.07) is 19.8. The van der Waals surface area contributed by atoms with Gasteiger partial charge in [0, 0.05) is 24.0 Å². The van der Waals surface area contributed by atoms with Crippen LogP contribution in [0.15, 0.2) is 54.6 Å². The zero-order valence-electron chi connectivity index (χ0n) is 19.9. The van der Waals surface area contributed by atoms with E-state index in [1.165, 1.54) is 27.8 Å². The van der Waals surface area contributed by atoms with Crippen molar-refractivity contribution in [2.75, 3.05) is 35.0 Å². The van der Waals surface area contributed by atoms with E-state index in [0.29, 0.717) is 6.04 Å². The molecule has 0 radical (unpaired) electrons. The lowest BCUT2D eigenvalue weighted by molar-refractivity contribution is -0.985. The largest absolute Gasteiger partial charge is 0.493 e. The highest BCUT2D eigenvalue weighted by molar-refractivity contribution is 5.53. The molecular weight excluding hydrogens is 414 g/mol. The summed E-state index contributed by atoms with van der Waals surface area (Å²) in [5, 5.41) is 0. The Morgan fingerprint density at radius 2 is 1.52 bits per heavy atom. The predicted molar refractivity (Wildman–Crippen MR) is 128 cm³/mol. The lowest BCUT2D eigenvalue weighted by atomic mass is 9.80. The zero-order chi connectivity index (χ0) is 23.0. The molecule has 2 aliphatic heterocycles. The maximum absolute atomic E-state index is 5.87. The normalized spacial score (nSPS) is 20.8. The molecule has 2 atom stereocenters. The Hall–Kier alpha value is -3.18. The lowest BCUT2D eigenvalue weighted by Crippen LogP contribution is -2.55. The number of hydrogen-bond acceptors (Lipinski definition) is 4. The Bertz CT molecular complexity index is 1160. The third kappa shape index (κ3) is 3.61. The molecule has 2 heterocycles. The van der Waals surface area contributed by atoms with Crippen LogP contribution in [-0.4, -0.2) is 39.5 Å². The minimum absolute atomic E-state index is 0.333. The van der Waals surface area contributed by atoms with E-state index in [1.807, 2.05) is 6.07 Å². The zero-order valence-corrected chi connectivity index (χ0v) is 19.9. The molecule has 5 rings (SSSR count). The van der Waals surface area contributed by atoms with E-state index >= 15 is 0 Å². The standard InChI is InChI=1S/C28H32NO4/c1-30-25-11-10-20-14-24-22-16-27(32-3)26(31-2)15-21(22)12-13-29(24,18-23(20)28(25)33-4)17-19-8-6-5-7-9-19/h5-11,15-16,24H,12-14,17-18H2,1-4H3/q+1/t24-,29?/m0/s1. The van der Waals surface area contributed by atoms with Gasteiger partial charge in [0.05, 0.1) is 40.5 Å². The molecule has 0 aromatic heterocycles. The van der Waals surface area contributed by atoms with Crippen LogP contribution in [0.1, 0.15) is 33.9 Å². The Morgan fingerprint density at radius 1 is 0.788 bits per heavy atom. The molecule has 172 valence electrons. The van der Waals surface area contributed by atoms with Gasteiger partial charge in [-0.05, 0) is 29.3 Å². The number of benzene rings is 3. The monoisotopic (exact) mass is 446 g/mol. The predicted octanol–water partition coefficient (Wildman–Crippen LogP) is 5.09. The van der Waals surface area contributed by atoms with Crippen molar-refractivity contribution in [1.82, 2.24) is 0 Å². The lowest BCUT2D eigenvalue weighted by Gasteiger charge is -2.51. The molecule has 0 saturated carbocycles. The molecule has 0 fully saturated rings. The van der Waals surface area contributed by atoms with Crippen LogP contribution in [0.5, 0.6) is 23.0 Å². The average Bonchev–Trinajstić information content (AvgIpc) is 2.86. The summed E-state index contributed by atoms with van der Waals surface area (Å²) < 4.78 is 23.8. The second kappa shape index (κ2) is 8.64. The van der Waals surface area contributed by atoms with Gasteiger partial charge < -0.3 is 23.4 Å². The number of nitrogens with zero attached hydrogens (tertiary/aromatic N) is 1. The first-order chi connectivity index (χ1) is 16.1. The number of methoxy groups -OCH3 is 4. The van der Waals surface area contributed by atoms with Gasteiger partial charge in [0.25, 0.3) is 0 Å². The average molecular weight is 447 g/mol. The van der Waals surface area contributed by atoms with Crippen LogP contribution in [0, 0.1) is 0 Å². The number of hydrogen-bond donors (Lipinski definition) is 0. The highest BCUT2D eigenvalue weighted by Gasteiger charge is 2.47. The Morgan fingerprint density at radius 3 is 2.21 bits per heavy atom. The molecule has 0 N–H and O–H groups in total. The van der Waals surface area contributed by atoms with Crippen LogP contribution < -0.4 is 18.9 Å². The molecule has 5 nitrogen and oxygen atoms in total. The summed E-state index contributed by atoms with van der Waals surface area (Å²) in [5.41, 5.74) is 6.70. The van der Waals surface area contributed by atoms with E-state index in [0.717, 1.165) is 60.0 Å². The van der Waals surface area contributed by atoms with Gasteiger partial charge in [0.15, 0.2) is 23.0 Å². The molecule has 0 bridgehead atoms. The Balaban J connectivity index is 1.68. The highest BCUT2D eigenvalue weighted by atomic mass is 16.5. The van der Waals surface area contributed by atoms with Crippen LogP contribution in [0.25, 0.3) is 0 Å². The van der Waals surface area contributed by atoms with E-state index in [2.05, 4.69) is 48.5 Å². The Labute approximate surface area is 196 Å². The van der Waals surface area contributed by atoms with Gasteiger partial charge in [-0.25, -0.2) is 0 Å². The third-order valence-electron chi connectivity index (χ3n) is 7.46. The summed E-state index contributed by atoms with van der Waals surface area (Å²) in [6.07, 6.45) is 1.95. The first-order valence-corrected chi connectivity index (χ1v) is 11.5. The van der Waals surface area contributed by atoms with Crippen molar-refractivity contribution < 1.29 is 23.4 Å². The van der Waals surface area contributed by atoms with Crippen LogP contribution >= 0.6 is 0 Å². The van der Waals surface area contributed by atoms with E-state index < -0.39 is 0 Å². The van der Waals surface area contributed by atoms with Gasteiger partial charge in [-0.2, -0.15) is 0 Å². The van der Waals surface area contributed by atoms with Crippen molar-refractivity contribution in [3.05, 3.63) is 82.4 Å². The fraction of sp³-hybridized carbons (Fsp3) is 0.357. The first-order valence-electron chi connectivity index (χ1n) is 11.5. The maximum atomic E-state index is 5.87. The Kier molecular flexibility index (Phi) is 5.67. The smallest absolute Gasteiger partial charge is 0.169 e. The summed E-state index contributed by atoms with van der Waals surface area (Å²) in [6.45, 7) is 2.93. The van der Waals surface area contributed by atoms with E-state index in [1.54, 1.807) is 28.4 Å². The SMILES string of the molecule is COc1cc2c(cc1OC)[C@@H]1Cc3ccc(OC)c(OC)c3C[N+]1(Cc1ccccc1)CC2. The fourth-order valence-electron chi connectivity index (χ4n) is 5.86. The van der Waals surface area contributed by atoms with Gasteiger partial charge in [0.2, 0.25) is 0 Å². The topological polar surface area (TPSA) is 36.9 Å². The maximum Gasteiger partial charge on any atom is 0.169 e. The second-order valence-electron chi connectivity index (χ2n) is 9.06. The summed E-state index contributed by atoms with van der Waals surface area (Å²) in [7, 11) is 6.88. The van der Waals surface area contributed by atoms with Crippen molar-refractivity contribution in [2.24, 2.45) is 0 Å². The van der Waals surface area contributed by atoms with Crippen molar-refractivity contribution in [1.29, 1.82) is 0 Å². The molecule has 33 heavy (non-hydrogen) atoms. The molecule has 1 unspecified atom stereocenters. The van der Waals surface area contributed by atoms with E-state index in [9.17, 15) is 0 Å². The molecule has 3 aromatic carbocycles. The number of rotatable bonds is 6. The van der Waals surface area contributed by atoms with Crippen molar-refractivity contribution >= 4 is 0 Å². The second-order valence-corrected chi connectivity index (χ2v) is 9.06. The molecular formula is C28H32NO4+. The highest BCUT2D eigenvalue weighted by Crippen LogP contribution is 2.50. The first kappa shape index (κ1) is 21.7. The number of ether oxygens (including phenoxy) is 4. The van der Waals surface area contributed by atoms with E-state index in [-0.39, 0.29) is 0 Å². The fourth-order valence-corrected chi connectivity index (χ4v) is 5.86. The molecule has 5 heteroatoms. The molecule has 0 aliphatic carbocycles. The third-order valence-corrected chi connectivity index (χ3v) is 7.46. The van der Waals surface area contributed by atoms with Crippen molar-refractivity contribution in [2.45, 2.75) is 32.0 Å². The van der Waals surface area contributed by atoms with Gasteiger partial charge in [-0.3, -0.25) is 0 Å². The van der Waals surface area contributed by atoms with E-state index in [4.69, 9.17) is 18.9 Å². The molecule has 3 aromatic rings. The van der Waals surface area contributed by atoms with Crippen LogP contribution in [0.3, 0.4) is 0 Å².